The molecule has 0 spiro atoms. The number of hydrogen-bond acceptors (Lipinski definition) is 10. The van der Waals surface area contributed by atoms with Crippen molar-refractivity contribution in [3.8, 4) is 0 Å². The maximum atomic E-state index is 13.2. The first-order chi connectivity index (χ1) is 26.2. The Labute approximate surface area is 336 Å². The number of nitrogens with zero attached hydrogens (tertiary/aromatic N) is 5. The number of amides is 3. The van der Waals surface area contributed by atoms with Gasteiger partial charge in [0.1, 0.15) is 0 Å². The van der Waals surface area contributed by atoms with Crippen molar-refractivity contribution >= 4 is 62.0 Å². The fourth-order valence-corrected chi connectivity index (χ4v) is 9.67. The fraction of sp³-hybridized carbons (Fsp3) is 0.432. The number of rotatable bonds is 12. The molecule has 4 N–H and O–H groups in total. The minimum absolute atomic E-state index is 0.0339. The van der Waals surface area contributed by atoms with Gasteiger partial charge in [-0.2, -0.15) is 0 Å². The van der Waals surface area contributed by atoms with Gasteiger partial charge >= 0.3 is 269 Å². The van der Waals surface area contributed by atoms with E-state index >= 15 is 0 Å². The van der Waals surface area contributed by atoms with Gasteiger partial charge in [0.25, 0.3) is 0 Å². The van der Waals surface area contributed by atoms with Crippen molar-refractivity contribution in [1.29, 1.82) is 0 Å². The second kappa shape index (κ2) is 17.9. The molecule has 14 nitrogen and oxygen atoms in total. The Kier molecular flexibility index (Phi) is 12.9. The summed E-state index contributed by atoms with van der Waals surface area (Å²) >= 11 is 8.77. The van der Waals surface area contributed by atoms with Gasteiger partial charge in [-0.25, -0.2) is 0 Å². The molecular formula is C37H41BrClIN9O5-. The van der Waals surface area contributed by atoms with Crippen molar-refractivity contribution in [3.63, 3.8) is 0 Å². The Morgan fingerprint density at radius 2 is 1.80 bits per heavy atom. The van der Waals surface area contributed by atoms with Gasteiger partial charge in [0.15, 0.2) is 0 Å². The first-order valence-corrected chi connectivity index (χ1v) is 21.2. The summed E-state index contributed by atoms with van der Waals surface area (Å²) in [6.07, 6.45) is 9.46. The number of hydrogen-bond donors (Lipinski definition) is 4. The standard InChI is InChI=1S/C37H41BrClIN9O5/c38-28-18-30-27(17-29(28)39)36(52)49(21-44-30)20-26(50)16-31-32(6-3-9-41-31)54-40-45-19-22-7-12-48(13-8-22)37(53)47-34-33(42-10-11-43-34)35(51)46-25-14-23-4-1-2-5-24(23)15-25/h1-2,4-5,10-11,17-18,21-22,25,31-32,41,45H,3,6-9,12-16,19-20H2,(H,46,51)(H,43,47,53)/q-1. The third-order valence-electron chi connectivity index (χ3n) is 10.2. The summed E-state index contributed by atoms with van der Waals surface area (Å²) < 4.78 is 11.8. The van der Waals surface area contributed by atoms with Crippen LogP contribution >= 0.6 is 27.5 Å². The number of Topliss-reactive ketones (excluding diaryl/α,β-unsaturated/α-hetero) is 1. The Bertz CT molecular complexity index is 2060. The summed E-state index contributed by atoms with van der Waals surface area (Å²) in [6, 6.07) is 11.0. The summed E-state index contributed by atoms with van der Waals surface area (Å²) in [5.74, 6) is 0.101. The molecule has 2 aliphatic heterocycles. The van der Waals surface area contributed by atoms with E-state index in [0.29, 0.717) is 39.4 Å². The van der Waals surface area contributed by atoms with E-state index in [0.717, 1.165) is 51.6 Å². The average molecular weight is 934 g/mol. The number of carbonyl (C=O) groups excluding carboxylic acids is 3. The molecule has 2 unspecified atom stereocenters. The van der Waals surface area contributed by atoms with Crippen molar-refractivity contribution in [3.05, 3.63) is 91.8 Å². The predicted molar refractivity (Wildman–Crippen MR) is 203 cm³/mol. The molecule has 2 saturated heterocycles. The summed E-state index contributed by atoms with van der Waals surface area (Å²) in [5.41, 5.74) is 2.77. The van der Waals surface area contributed by atoms with Crippen LogP contribution in [-0.2, 0) is 27.2 Å². The SMILES string of the molecule is O=C(CC1NCCCC1O[I-]NCC1CCN(C(=O)Nc2nccnc2C(=O)NC2Cc3ccccc3C2)CC1)Cn1cnc2cc(Br)c(Cl)cc2c1=O. The van der Waals surface area contributed by atoms with Gasteiger partial charge < -0.3 is 0 Å². The molecule has 54 heavy (non-hydrogen) atoms. The maximum absolute atomic E-state index is 13.2. The Balaban J connectivity index is 0.827. The van der Waals surface area contributed by atoms with E-state index in [1.807, 2.05) is 12.1 Å². The van der Waals surface area contributed by atoms with Crippen LogP contribution in [0.3, 0.4) is 0 Å². The monoisotopic (exact) mass is 932 g/mol. The summed E-state index contributed by atoms with van der Waals surface area (Å²) in [7, 11) is 0. The van der Waals surface area contributed by atoms with Crippen LogP contribution in [0.15, 0.2) is 64.4 Å². The molecule has 2 aromatic heterocycles. The number of halogens is 3. The molecule has 2 aromatic carbocycles. The normalized spacial score (nSPS) is 19.2. The molecule has 0 radical (unpaired) electrons. The van der Waals surface area contributed by atoms with Crippen molar-refractivity contribution in [2.45, 2.75) is 69.7 Å². The molecule has 7 rings (SSSR count). The van der Waals surface area contributed by atoms with Crippen LogP contribution in [0.5, 0.6) is 0 Å². The van der Waals surface area contributed by atoms with E-state index in [-0.39, 0.29) is 65.9 Å². The number of carbonyl (C=O) groups is 3. The van der Waals surface area contributed by atoms with Gasteiger partial charge in [-0.05, 0) is 39.9 Å². The van der Waals surface area contributed by atoms with Gasteiger partial charge in [-0.15, -0.1) is 0 Å². The molecule has 2 fully saturated rings. The number of aromatic nitrogens is 4. The molecule has 3 amide bonds. The molecule has 2 atom stereocenters. The van der Waals surface area contributed by atoms with Gasteiger partial charge in [0.2, 0.25) is 0 Å². The van der Waals surface area contributed by atoms with E-state index in [1.54, 1.807) is 17.0 Å². The predicted octanol–water partition coefficient (Wildman–Crippen LogP) is 1.05. The third-order valence-corrected chi connectivity index (χ3v) is 13.0. The summed E-state index contributed by atoms with van der Waals surface area (Å²) in [6.45, 7) is 2.68. The van der Waals surface area contributed by atoms with Crippen molar-refractivity contribution in [1.82, 2.24) is 38.6 Å². The van der Waals surface area contributed by atoms with Crippen LogP contribution < -0.4 is 46.9 Å². The van der Waals surface area contributed by atoms with Crippen LogP contribution in [0.25, 0.3) is 10.9 Å². The zero-order valence-corrected chi connectivity index (χ0v) is 33.9. The molecule has 4 aromatic rings. The van der Waals surface area contributed by atoms with E-state index < -0.39 is 21.9 Å². The number of urea groups is 1. The number of ketones is 1. The van der Waals surface area contributed by atoms with E-state index in [4.69, 9.17) is 14.7 Å². The topological polar surface area (TPSA) is 172 Å². The Hall–Kier alpha value is -3.55. The first kappa shape index (κ1) is 38.7. The Morgan fingerprint density at radius 3 is 2.57 bits per heavy atom. The molecule has 17 heteroatoms. The zero-order valence-electron chi connectivity index (χ0n) is 29.4. The molecule has 286 valence electrons. The summed E-state index contributed by atoms with van der Waals surface area (Å²) in [4.78, 5) is 67.1. The average Bonchev–Trinajstić information content (AvgIpc) is 3.59. The summed E-state index contributed by atoms with van der Waals surface area (Å²) in [5, 5.41) is 10.1. The molecular weight excluding hydrogens is 893 g/mol. The van der Waals surface area contributed by atoms with Gasteiger partial charge in [-0.3, -0.25) is 0 Å². The van der Waals surface area contributed by atoms with Crippen LogP contribution in [-0.4, -0.2) is 86.5 Å². The fourth-order valence-electron chi connectivity index (χ4n) is 7.26. The molecule has 4 heterocycles. The molecule has 0 saturated carbocycles. The number of fused-ring (bicyclic) bond motifs is 2. The second-order valence-corrected chi connectivity index (χ2v) is 16.9. The van der Waals surface area contributed by atoms with Gasteiger partial charge in [-0.1, -0.05) is 24.3 Å². The number of benzene rings is 2. The van der Waals surface area contributed by atoms with Crippen LogP contribution in [0.2, 0.25) is 5.02 Å². The van der Waals surface area contributed by atoms with E-state index in [1.165, 1.54) is 34.4 Å². The second-order valence-electron chi connectivity index (χ2n) is 13.9. The number of likely N-dealkylation sites (tertiary alicyclic amines) is 1. The minimum atomic E-state index is -0.778. The number of anilines is 1. The molecule has 0 bridgehead atoms. The van der Waals surface area contributed by atoms with Crippen molar-refractivity contribution in [2.24, 2.45) is 5.92 Å². The molecule has 1 aliphatic carbocycles. The third kappa shape index (κ3) is 9.45. The van der Waals surface area contributed by atoms with Crippen LogP contribution in [0.4, 0.5) is 10.6 Å². The Morgan fingerprint density at radius 1 is 1.04 bits per heavy atom. The molecule has 3 aliphatic rings. The quantitative estimate of drug-likeness (QED) is 0.0915. The van der Waals surface area contributed by atoms with Crippen LogP contribution in [0.1, 0.15) is 53.7 Å². The van der Waals surface area contributed by atoms with Crippen LogP contribution in [0, 0.1) is 5.92 Å². The van der Waals surface area contributed by atoms with Gasteiger partial charge in [0, 0.05) is 6.04 Å². The zero-order chi connectivity index (χ0) is 37.6. The van der Waals surface area contributed by atoms with Crippen molar-refractivity contribution < 1.29 is 39.3 Å². The van der Waals surface area contributed by atoms with E-state index in [2.05, 4.69) is 62.5 Å². The van der Waals surface area contributed by atoms with Gasteiger partial charge in [0.05, 0.1) is 0 Å². The van der Waals surface area contributed by atoms with Crippen molar-refractivity contribution in [2.75, 3.05) is 31.5 Å². The first-order valence-electron chi connectivity index (χ1n) is 18.1. The number of piperidine rings is 2. The number of nitrogens with one attached hydrogen (secondary N) is 4. The van der Waals surface area contributed by atoms with E-state index in [9.17, 15) is 19.2 Å².